The minimum Gasteiger partial charge on any atom is -0.459 e. The van der Waals surface area contributed by atoms with Gasteiger partial charge in [-0.05, 0) is 143 Å². The Morgan fingerprint density at radius 2 is 1.59 bits per heavy atom. The lowest BCUT2D eigenvalue weighted by Gasteiger charge is -2.49. The van der Waals surface area contributed by atoms with Crippen LogP contribution in [0.2, 0.25) is 18.1 Å². The van der Waals surface area contributed by atoms with E-state index in [1.54, 1.807) is 59.6 Å². The number of aromatic nitrogens is 3. The molecule has 0 aliphatic carbocycles. The molecule has 0 radical (unpaired) electrons. The van der Waals surface area contributed by atoms with Crippen LogP contribution in [0.5, 0.6) is 0 Å². The zero-order valence-electron chi connectivity index (χ0n) is 58.7. The molecular weight excluding hydrogens is 1190 g/mol. The van der Waals surface area contributed by atoms with Gasteiger partial charge in [0.2, 0.25) is 0 Å². The molecule has 5 heterocycles. The van der Waals surface area contributed by atoms with E-state index >= 15 is 4.39 Å². The molecule has 1 aromatic carbocycles. The van der Waals surface area contributed by atoms with E-state index in [1.807, 2.05) is 82.8 Å². The summed E-state index contributed by atoms with van der Waals surface area (Å²) in [6.45, 7) is 34.5. The summed E-state index contributed by atoms with van der Waals surface area (Å²) in [6.07, 6.45) is -6.72. The second-order valence-corrected chi connectivity index (χ2v) is 34.9. The van der Waals surface area contributed by atoms with E-state index in [1.165, 1.54) is 25.8 Å². The Balaban J connectivity index is 1.21. The van der Waals surface area contributed by atoms with Crippen LogP contribution in [-0.2, 0) is 53.5 Å². The van der Waals surface area contributed by atoms with Gasteiger partial charge in [-0.3, -0.25) is 9.69 Å². The Morgan fingerprint density at radius 3 is 2.18 bits per heavy atom. The Hall–Kier alpha value is -3.57. The average molecular weight is 1310 g/mol. The van der Waals surface area contributed by atoms with E-state index in [0.29, 0.717) is 44.8 Å². The van der Waals surface area contributed by atoms with Gasteiger partial charge in [-0.2, -0.15) is 0 Å². The summed E-state index contributed by atoms with van der Waals surface area (Å²) >= 11 is 0. The molecule has 4 aliphatic heterocycles. The lowest BCUT2D eigenvalue weighted by molar-refractivity contribution is -0.318. The average Bonchev–Trinajstić information content (AvgIpc) is 2.61. The van der Waals surface area contributed by atoms with Crippen molar-refractivity contribution in [3.8, 4) is 0 Å². The van der Waals surface area contributed by atoms with Crippen LogP contribution in [0.3, 0.4) is 0 Å². The molecule has 91 heavy (non-hydrogen) atoms. The van der Waals surface area contributed by atoms with Gasteiger partial charge in [-0.25, -0.2) is 13.9 Å². The van der Waals surface area contributed by atoms with Crippen molar-refractivity contribution in [2.75, 3.05) is 61.2 Å². The number of cyclic esters (lactones) is 1. The van der Waals surface area contributed by atoms with Crippen molar-refractivity contribution in [1.29, 1.82) is 0 Å². The monoisotopic (exact) mass is 1310 g/mol. The summed E-state index contributed by atoms with van der Waals surface area (Å²) in [5.41, 5.74) is -2.19. The molecule has 1 amide bonds. The minimum absolute atomic E-state index is 0.0154. The number of carbonyl (C=O) groups excluding carboxylic acids is 2. The van der Waals surface area contributed by atoms with Gasteiger partial charge >= 0.3 is 12.1 Å². The summed E-state index contributed by atoms with van der Waals surface area (Å²) < 4.78 is 73.8. The molecule has 21 atom stereocenters. The highest BCUT2D eigenvalue weighted by atomic mass is 28.4. The number of hydrogen-bond acceptors (Lipinski definition) is 20. The molecule has 0 spiro atoms. The number of carbonyl (C=O) groups is 2. The SMILES string of the molecule is CC[C@H]1OC(=O)[C@H](C)[C@@H](O[C@H]2C[C@@](C)(OC)[C@@H](O)[C@H](C)O2)[C@H](C)[C@@H](O[C@@H]2O[C@H](C)C[C@H](N(C)CCc3cn([C@@H](CF)[C@H](OC)c4ccc(C5=C[C@H](CO[Si](C)(C)C(C)(C)C)N(C(=O)OC(C)(C)C)C5)cc4)nn3)[C@H]2O)[C@](C)(O)C[C@@H](C)CN(C)[C@H](C)[C@@H](O)[C@]1(C)O. The van der Waals surface area contributed by atoms with Gasteiger partial charge in [-0.15, -0.1) is 5.10 Å². The zero-order chi connectivity index (χ0) is 68.3. The molecule has 1 aromatic heterocycles. The first-order valence-electron chi connectivity index (χ1n) is 32.8. The van der Waals surface area contributed by atoms with Crippen LogP contribution in [0, 0.1) is 17.8 Å². The number of nitrogens with zero attached hydrogens (tertiary/aromatic N) is 6. The molecule has 5 N–H and O–H groups in total. The normalized spacial score (nSPS) is 36.3. The number of ether oxygens (including phenoxy) is 8. The molecule has 0 unspecified atom stereocenters. The largest absolute Gasteiger partial charge is 0.459 e. The fourth-order valence-corrected chi connectivity index (χ4v) is 14.5. The molecule has 2 aromatic rings. The van der Waals surface area contributed by atoms with E-state index < -0.39 is 147 Å². The number of methoxy groups -OCH3 is 2. The van der Waals surface area contributed by atoms with Gasteiger partial charge < -0.3 is 77.7 Å². The molecule has 6 rings (SSSR count). The van der Waals surface area contributed by atoms with E-state index in [9.17, 15) is 35.1 Å². The van der Waals surface area contributed by atoms with Crippen LogP contribution in [0.25, 0.3) is 5.57 Å². The van der Waals surface area contributed by atoms with Gasteiger partial charge in [0, 0.05) is 64.3 Å². The lowest BCUT2D eigenvalue weighted by atomic mass is 9.77. The highest BCUT2D eigenvalue weighted by molar-refractivity contribution is 6.74. The van der Waals surface area contributed by atoms with E-state index in [2.05, 4.69) is 50.3 Å². The van der Waals surface area contributed by atoms with Gasteiger partial charge in [0.25, 0.3) is 0 Å². The highest BCUT2D eigenvalue weighted by Crippen LogP contribution is 2.42. The second-order valence-electron chi connectivity index (χ2n) is 30.1. The Morgan fingerprint density at radius 1 is 0.945 bits per heavy atom. The molecular formula is C67H115FN6O16Si. The van der Waals surface area contributed by atoms with Crippen LogP contribution >= 0.6 is 0 Å². The van der Waals surface area contributed by atoms with E-state index in [-0.39, 0.29) is 36.3 Å². The maximum absolute atomic E-state index is 15.4. The summed E-state index contributed by atoms with van der Waals surface area (Å²) in [6, 6.07) is 5.38. The van der Waals surface area contributed by atoms with Crippen molar-refractivity contribution in [1.82, 2.24) is 29.7 Å². The molecule has 520 valence electrons. The van der Waals surface area contributed by atoms with Crippen LogP contribution < -0.4 is 0 Å². The first-order chi connectivity index (χ1) is 42.1. The highest BCUT2D eigenvalue weighted by Gasteiger charge is 2.53. The van der Waals surface area contributed by atoms with Crippen molar-refractivity contribution in [3.63, 3.8) is 0 Å². The molecule has 22 nitrogen and oxygen atoms in total. The second kappa shape index (κ2) is 30.7. The standard InChI is InChI=1S/C67H115FN6O16Si/c1-23-52-67(16,81)57(76)43(6)72(18)35-39(2)32-65(14,80)59(41(4)55(42(5)60(78)87-52)88-53-33-66(15,83-20)58(77)44(7)86-53)89-61-54(75)50(30-40(3)85-61)71(17)29-28-48-37-74(70-69-48)51(34-68)56(82-19)46-26-24-45(25-27-46)47-31-49(38-84-91(21,22)64(11,12)13)73(36-47)62(79)90-63(8,9)10/h24-27,31,37,39-44,49-59,61,75-77,80-81H,23,28-30,32-36,38H2,1-22H3/t39-,40-,41+,42-,43-,44+,49-,50+,51+,52-,53+,54-,55+,56-,57-,58+,59-,61+,65-,66-,67-/m1/s1. The fourth-order valence-electron chi connectivity index (χ4n) is 13.4. The summed E-state index contributed by atoms with van der Waals surface area (Å²) in [5, 5.41) is 69.1. The van der Waals surface area contributed by atoms with Crippen LogP contribution in [0.1, 0.15) is 165 Å². The summed E-state index contributed by atoms with van der Waals surface area (Å²) in [5.74, 6) is -2.94. The van der Waals surface area contributed by atoms with Crippen molar-refractivity contribution in [2.45, 2.75) is 275 Å². The molecule has 3 fully saturated rings. The maximum Gasteiger partial charge on any atom is 0.411 e. The smallest absolute Gasteiger partial charge is 0.411 e. The number of halogens is 1. The molecule has 3 saturated heterocycles. The molecule has 0 bridgehead atoms. The predicted molar refractivity (Wildman–Crippen MR) is 346 cm³/mol. The van der Waals surface area contributed by atoms with Crippen LogP contribution in [0.15, 0.2) is 36.5 Å². The predicted octanol–water partition coefficient (Wildman–Crippen LogP) is 8.03. The number of rotatable bonds is 19. The van der Waals surface area contributed by atoms with Gasteiger partial charge in [0.05, 0.1) is 66.4 Å². The third-order valence-electron chi connectivity index (χ3n) is 20.3. The van der Waals surface area contributed by atoms with Crippen molar-refractivity contribution < 1.29 is 81.8 Å². The Labute approximate surface area is 542 Å². The third-order valence-corrected chi connectivity index (χ3v) is 24.8. The van der Waals surface area contributed by atoms with E-state index in [0.717, 1.165) is 16.7 Å². The van der Waals surface area contributed by atoms with Gasteiger partial charge in [-0.1, -0.05) is 77.1 Å². The number of likely N-dealkylation sites (N-methyl/N-ethyl adjacent to an activating group) is 2. The topological polar surface area (TPSA) is 259 Å². The number of alkyl halides is 1. The number of amides is 1. The number of aliphatic hydroxyl groups is 5. The Bertz CT molecular complexity index is 2690. The first kappa shape index (κ1) is 76.4. The first-order valence-corrected chi connectivity index (χ1v) is 35.8. The fraction of sp³-hybridized carbons (Fsp3) is 0.821. The van der Waals surface area contributed by atoms with Crippen molar-refractivity contribution in [3.05, 3.63) is 53.4 Å². The zero-order valence-corrected chi connectivity index (χ0v) is 59.7. The van der Waals surface area contributed by atoms with Crippen LogP contribution in [-0.4, -0.2) is 239 Å². The number of esters is 1. The molecule has 4 aliphatic rings. The molecule has 0 saturated carbocycles. The number of hydrogen-bond donors (Lipinski definition) is 5. The number of benzene rings is 1. The quantitative estimate of drug-likeness (QED) is 0.0659. The third kappa shape index (κ3) is 18.3. The van der Waals surface area contributed by atoms with Gasteiger partial charge in [0.15, 0.2) is 20.9 Å². The van der Waals surface area contributed by atoms with Gasteiger partial charge in [0.1, 0.15) is 54.4 Å². The number of aliphatic hydroxyl groups excluding tert-OH is 3. The lowest BCUT2D eigenvalue weighted by Crippen LogP contribution is -2.61. The summed E-state index contributed by atoms with van der Waals surface area (Å²) in [4.78, 5) is 33.8. The Kier molecular flexibility index (Phi) is 25.8. The minimum atomic E-state index is -2.14. The van der Waals surface area contributed by atoms with Crippen molar-refractivity contribution in [2.24, 2.45) is 17.8 Å². The molecule has 24 heteroatoms. The van der Waals surface area contributed by atoms with Crippen molar-refractivity contribution >= 4 is 26.0 Å². The maximum atomic E-state index is 15.4. The van der Waals surface area contributed by atoms with Crippen LogP contribution in [0.4, 0.5) is 9.18 Å². The van der Waals surface area contributed by atoms with E-state index in [4.69, 9.17) is 42.3 Å². The summed E-state index contributed by atoms with van der Waals surface area (Å²) in [7, 11) is 4.59.